The summed E-state index contributed by atoms with van der Waals surface area (Å²) in [7, 11) is 0. The fraction of sp³-hybridized carbons (Fsp3) is 0.231. The summed E-state index contributed by atoms with van der Waals surface area (Å²) in [6, 6.07) is 6.28. The van der Waals surface area contributed by atoms with Gasteiger partial charge in [-0.2, -0.15) is 0 Å². The number of pyridine rings is 2. The van der Waals surface area contributed by atoms with E-state index in [1.807, 2.05) is 13.0 Å². The van der Waals surface area contributed by atoms with Crippen molar-refractivity contribution in [3.63, 3.8) is 0 Å². The van der Waals surface area contributed by atoms with Crippen molar-refractivity contribution in [3.8, 4) is 0 Å². The Hall–Kier alpha value is -2.70. The lowest BCUT2D eigenvalue weighted by molar-refractivity contribution is -0.386. The molecule has 0 saturated heterocycles. The van der Waals surface area contributed by atoms with Crippen LogP contribution < -0.4 is 10.9 Å². The van der Waals surface area contributed by atoms with Gasteiger partial charge in [0.05, 0.1) is 11.5 Å². The third-order valence-electron chi connectivity index (χ3n) is 2.73. The summed E-state index contributed by atoms with van der Waals surface area (Å²) in [6.45, 7) is 2.97. The highest BCUT2D eigenvalue weighted by atomic mass is 16.6. The van der Waals surface area contributed by atoms with Crippen LogP contribution in [-0.2, 0) is 6.54 Å². The van der Waals surface area contributed by atoms with Crippen molar-refractivity contribution in [2.45, 2.75) is 13.5 Å². The number of hydrogen-bond donors (Lipinski definition) is 1. The van der Waals surface area contributed by atoms with Gasteiger partial charge in [0.1, 0.15) is 5.82 Å². The second-order valence-corrected chi connectivity index (χ2v) is 4.16. The van der Waals surface area contributed by atoms with Gasteiger partial charge in [-0.15, -0.1) is 0 Å². The normalized spacial score (nSPS) is 10.2. The summed E-state index contributed by atoms with van der Waals surface area (Å²) >= 11 is 0. The zero-order valence-corrected chi connectivity index (χ0v) is 10.9. The Kier molecular flexibility index (Phi) is 4.09. The van der Waals surface area contributed by atoms with E-state index in [2.05, 4.69) is 10.3 Å². The van der Waals surface area contributed by atoms with Crippen LogP contribution in [-0.4, -0.2) is 21.0 Å². The van der Waals surface area contributed by atoms with Crippen LogP contribution in [0.2, 0.25) is 0 Å². The highest BCUT2D eigenvalue weighted by molar-refractivity contribution is 5.37. The van der Waals surface area contributed by atoms with Crippen LogP contribution in [0, 0.1) is 10.1 Å². The molecule has 0 atom stereocenters. The van der Waals surface area contributed by atoms with Gasteiger partial charge in [-0.05, 0) is 30.7 Å². The number of aromatic nitrogens is 2. The summed E-state index contributed by atoms with van der Waals surface area (Å²) in [5.41, 5.74) is -0.189. The maximum atomic E-state index is 11.9. The quantitative estimate of drug-likeness (QED) is 0.661. The SMILES string of the molecule is CCNc1cc(Cn2cccc([N+](=O)[O-])c2=O)ccn1. The molecule has 2 rings (SSSR count). The van der Waals surface area contributed by atoms with E-state index in [0.29, 0.717) is 5.82 Å². The van der Waals surface area contributed by atoms with E-state index < -0.39 is 16.2 Å². The first-order valence-corrected chi connectivity index (χ1v) is 6.14. The van der Waals surface area contributed by atoms with Gasteiger partial charge in [0, 0.05) is 25.0 Å². The fourth-order valence-corrected chi connectivity index (χ4v) is 1.83. The molecule has 0 amide bonds. The van der Waals surface area contributed by atoms with Crippen LogP contribution in [0.25, 0.3) is 0 Å². The largest absolute Gasteiger partial charge is 0.370 e. The second kappa shape index (κ2) is 5.96. The molecule has 0 aliphatic carbocycles. The van der Waals surface area contributed by atoms with E-state index in [1.165, 1.54) is 22.9 Å². The molecule has 0 aliphatic rings. The molecule has 0 aliphatic heterocycles. The van der Waals surface area contributed by atoms with Gasteiger partial charge in [-0.1, -0.05) is 0 Å². The van der Waals surface area contributed by atoms with Gasteiger partial charge in [0.25, 0.3) is 0 Å². The number of anilines is 1. The van der Waals surface area contributed by atoms with Gasteiger partial charge < -0.3 is 9.88 Å². The van der Waals surface area contributed by atoms with Crippen LogP contribution in [0.15, 0.2) is 41.5 Å². The van der Waals surface area contributed by atoms with E-state index in [1.54, 1.807) is 12.3 Å². The number of rotatable bonds is 5. The molecule has 0 fully saturated rings. The van der Waals surface area contributed by atoms with Crippen LogP contribution >= 0.6 is 0 Å². The molecule has 0 unspecified atom stereocenters. The average molecular weight is 274 g/mol. The van der Waals surface area contributed by atoms with E-state index in [0.717, 1.165) is 12.1 Å². The zero-order valence-electron chi connectivity index (χ0n) is 10.9. The minimum absolute atomic E-state index is 0.265. The van der Waals surface area contributed by atoms with Gasteiger partial charge in [-0.3, -0.25) is 14.9 Å². The average Bonchev–Trinajstić information content (AvgIpc) is 2.42. The minimum Gasteiger partial charge on any atom is -0.370 e. The third kappa shape index (κ3) is 3.00. The minimum atomic E-state index is -0.671. The molecule has 20 heavy (non-hydrogen) atoms. The maximum absolute atomic E-state index is 11.9. The molecule has 7 nitrogen and oxygen atoms in total. The molecular formula is C13H14N4O3. The Balaban J connectivity index is 2.31. The number of nitrogens with one attached hydrogen (secondary N) is 1. The van der Waals surface area contributed by atoms with Gasteiger partial charge in [0.2, 0.25) is 0 Å². The molecule has 2 aromatic rings. The Morgan fingerprint density at radius 1 is 1.45 bits per heavy atom. The first-order chi connectivity index (χ1) is 9.61. The lowest BCUT2D eigenvalue weighted by atomic mass is 10.2. The summed E-state index contributed by atoms with van der Waals surface area (Å²) in [4.78, 5) is 26.1. The highest BCUT2D eigenvalue weighted by Crippen LogP contribution is 2.09. The summed E-state index contributed by atoms with van der Waals surface area (Å²) in [6.07, 6.45) is 3.17. The van der Waals surface area contributed by atoms with Gasteiger partial charge in [0.15, 0.2) is 0 Å². The Labute approximate surface area is 115 Å². The van der Waals surface area contributed by atoms with Crippen molar-refractivity contribution in [1.29, 1.82) is 0 Å². The smallest absolute Gasteiger partial charge is 0.334 e. The number of nitro groups is 1. The van der Waals surface area contributed by atoms with E-state index in [-0.39, 0.29) is 6.54 Å². The predicted octanol–water partition coefficient (Wildman–Crippen LogP) is 1.63. The molecule has 7 heteroatoms. The predicted molar refractivity (Wildman–Crippen MR) is 74.9 cm³/mol. The lowest BCUT2D eigenvalue weighted by Crippen LogP contribution is -2.22. The highest BCUT2D eigenvalue weighted by Gasteiger charge is 2.13. The lowest BCUT2D eigenvalue weighted by Gasteiger charge is -2.07. The second-order valence-electron chi connectivity index (χ2n) is 4.16. The first-order valence-electron chi connectivity index (χ1n) is 6.14. The van der Waals surface area contributed by atoms with Crippen molar-refractivity contribution >= 4 is 11.5 Å². The standard InChI is InChI=1S/C13H14N4O3/c1-2-14-12-8-10(5-6-15-12)9-16-7-3-4-11(13(16)18)17(19)20/h3-8H,2,9H2,1H3,(H,14,15). The Morgan fingerprint density at radius 2 is 2.25 bits per heavy atom. The summed E-state index contributed by atoms with van der Waals surface area (Å²) in [5, 5.41) is 13.8. The molecular weight excluding hydrogens is 260 g/mol. The van der Waals surface area contributed by atoms with Crippen LogP contribution in [0.5, 0.6) is 0 Å². The molecule has 104 valence electrons. The maximum Gasteiger partial charge on any atom is 0.334 e. The first kappa shape index (κ1) is 13.7. The van der Waals surface area contributed by atoms with E-state index >= 15 is 0 Å². The molecule has 0 aromatic carbocycles. The third-order valence-corrected chi connectivity index (χ3v) is 2.73. The van der Waals surface area contributed by atoms with Crippen molar-refractivity contribution < 1.29 is 4.92 Å². The van der Waals surface area contributed by atoms with Crippen molar-refractivity contribution in [1.82, 2.24) is 9.55 Å². The topological polar surface area (TPSA) is 90.1 Å². The Bertz CT molecular complexity index is 681. The van der Waals surface area contributed by atoms with Crippen LogP contribution in [0.4, 0.5) is 11.5 Å². The van der Waals surface area contributed by atoms with E-state index in [4.69, 9.17) is 0 Å². The van der Waals surface area contributed by atoms with Crippen LogP contribution in [0.1, 0.15) is 12.5 Å². The van der Waals surface area contributed by atoms with Gasteiger partial charge in [-0.25, -0.2) is 4.98 Å². The zero-order chi connectivity index (χ0) is 14.5. The summed E-state index contributed by atoms with van der Waals surface area (Å²) in [5.74, 6) is 0.712. The van der Waals surface area contributed by atoms with Crippen molar-refractivity contribution in [3.05, 3.63) is 62.7 Å². The number of nitrogens with zero attached hydrogens (tertiary/aromatic N) is 3. The van der Waals surface area contributed by atoms with Crippen molar-refractivity contribution in [2.75, 3.05) is 11.9 Å². The molecule has 0 saturated carbocycles. The molecule has 1 N–H and O–H groups in total. The van der Waals surface area contributed by atoms with Gasteiger partial charge >= 0.3 is 11.2 Å². The molecule has 2 heterocycles. The molecule has 0 radical (unpaired) electrons. The van der Waals surface area contributed by atoms with Crippen LogP contribution in [0.3, 0.4) is 0 Å². The van der Waals surface area contributed by atoms with Crippen molar-refractivity contribution in [2.24, 2.45) is 0 Å². The molecule has 0 bridgehead atoms. The number of hydrogen-bond acceptors (Lipinski definition) is 5. The monoisotopic (exact) mass is 274 g/mol. The fourth-order valence-electron chi connectivity index (χ4n) is 1.83. The Morgan fingerprint density at radius 3 is 2.95 bits per heavy atom. The van der Waals surface area contributed by atoms with E-state index in [9.17, 15) is 14.9 Å². The molecule has 0 spiro atoms. The summed E-state index contributed by atoms with van der Waals surface area (Å²) < 4.78 is 1.31. The molecule has 2 aromatic heterocycles.